The van der Waals surface area contributed by atoms with Gasteiger partial charge in [-0.25, -0.2) is 18.7 Å². The monoisotopic (exact) mass is 541 g/mol. The number of likely N-dealkylation sites (tertiary alicyclic amines) is 1. The van der Waals surface area contributed by atoms with Crippen LogP contribution in [0, 0.1) is 23.5 Å². The molecule has 0 unspecified atom stereocenters. The van der Waals surface area contributed by atoms with Gasteiger partial charge in [0.05, 0.1) is 6.61 Å². The first-order chi connectivity index (χ1) is 18.4. The van der Waals surface area contributed by atoms with E-state index in [4.69, 9.17) is 4.74 Å². The predicted octanol–water partition coefficient (Wildman–Crippen LogP) is 4.48. The fraction of sp³-hybridized carbons (Fsp3) is 0.407. The minimum atomic E-state index is -0.837. The maximum absolute atomic E-state index is 13.5. The third kappa shape index (κ3) is 6.33. The summed E-state index contributed by atoms with van der Waals surface area (Å²) in [6.07, 6.45) is 5.17. The number of halogens is 2. The first-order valence-electron chi connectivity index (χ1n) is 12.7. The molecular formula is C27H29F2N5O3S. The summed E-state index contributed by atoms with van der Waals surface area (Å²) >= 11 is 1.23. The Labute approximate surface area is 223 Å². The summed E-state index contributed by atoms with van der Waals surface area (Å²) < 4.78 is 32.8. The van der Waals surface area contributed by atoms with Gasteiger partial charge in [0.15, 0.2) is 16.5 Å². The van der Waals surface area contributed by atoms with Crippen LogP contribution in [-0.4, -0.2) is 53.4 Å². The molecule has 1 aliphatic heterocycles. The van der Waals surface area contributed by atoms with Crippen LogP contribution in [0.15, 0.2) is 36.5 Å². The van der Waals surface area contributed by atoms with Crippen molar-refractivity contribution in [3.05, 3.63) is 58.6 Å². The molecule has 2 N–H and O–H groups in total. The van der Waals surface area contributed by atoms with Crippen LogP contribution in [0.25, 0.3) is 10.6 Å². The zero-order chi connectivity index (χ0) is 26.6. The summed E-state index contributed by atoms with van der Waals surface area (Å²) in [4.78, 5) is 36.1. The van der Waals surface area contributed by atoms with E-state index in [-0.39, 0.29) is 29.5 Å². The first-order valence-corrected chi connectivity index (χ1v) is 13.5. The van der Waals surface area contributed by atoms with Gasteiger partial charge in [-0.05, 0) is 74.5 Å². The molecule has 1 saturated heterocycles. The maximum Gasteiger partial charge on any atom is 0.266 e. The molecule has 2 fully saturated rings. The number of pyridine rings is 1. The van der Waals surface area contributed by atoms with Crippen LogP contribution in [0.3, 0.4) is 0 Å². The molecule has 0 spiro atoms. The molecule has 1 saturated carbocycles. The molecule has 0 atom stereocenters. The lowest BCUT2D eigenvalue weighted by Gasteiger charge is -2.31. The molecule has 3 aromatic rings. The van der Waals surface area contributed by atoms with Crippen molar-refractivity contribution in [1.29, 1.82) is 0 Å². The van der Waals surface area contributed by atoms with Crippen molar-refractivity contribution in [2.24, 2.45) is 11.8 Å². The summed E-state index contributed by atoms with van der Waals surface area (Å²) in [6, 6.07) is 7.55. The van der Waals surface area contributed by atoms with E-state index >= 15 is 0 Å². The minimum Gasteiger partial charge on any atom is -0.476 e. The number of nitrogens with one attached hydrogen (secondary N) is 2. The zero-order valence-corrected chi connectivity index (χ0v) is 21.8. The zero-order valence-electron chi connectivity index (χ0n) is 21.0. The Morgan fingerprint density at radius 3 is 2.61 bits per heavy atom. The molecule has 38 heavy (non-hydrogen) atoms. The van der Waals surface area contributed by atoms with Gasteiger partial charge in [0.25, 0.3) is 5.91 Å². The van der Waals surface area contributed by atoms with Crippen LogP contribution in [-0.2, 0) is 11.3 Å². The van der Waals surface area contributed by atoms with Crippen molar-refractivity contribution in [3.8, 4) is 16.5 Å². The number of hydrogen-bond donors (Lipinski definition) is 2. The standard InChI is InChI=1S/C27H29F2N5O3S/c1-30-25(36)23-26(33-27(38-23)19-6-9-31-22(13-19)32-24(35)18-3-4-18)37-15-16-7-10-34(11-8-16)14-17-2-5-20(28)21(29)12-17/h2,5-6,9,12-13,16,18H,3-4,7-8,10-11,14-15H2,1H3,(H,30,36)(H,31,32,35). The average Bonchev–Trinajstić information content (AvgIpc) is 3.69. The van der Waals surface area contributed by atoms with Gasteiger partial charge >= 0.3 is 0 Å². The number of hydrogen-bond acceptors (Lipinski definition) is 7. The van der Waals surface area contributed by atoms with Crippen molar-refractivity contribution in [1.82, 2.24) is 20.2 Å². The van der Waals surface area contributed by atoms with E-state index in [9.17, 15) is 18.4 Å². The van der Waals surface area contributed by atoms with Gasteiger partial charge in [0, 0.05) is 31.3 Å². The number of amides is 2. The number of thiazole rings is 1. The molecule has 0 bridgehead atoms. The molecule has 2 aliphatic rings. The molecule has 2 amide bonds. The fourth-order valence-electron chi connectivity index (χ4n) is 4.39. The van der Waals surface area contributed by atoms with Crippen LogP contribution in [0.2, 0.25) is 0 Å². The Bertz CT molecular complexity index is 1320. The summed E-state index contributed by atoms with van der Waals surface area (Å²) in [5, 5.41) is 6.08. The largest absolute Gasteiger partial charge is 0.476 e. The van der Waals surface area contributed by atoms with E-state index in [1.165, 1.54) is 17.4 Å². The number of piperidine rings is 1. The molecule has 0 radical (unpaired) electrons. The molecular weight excluding hydrogens is 512 g/mol. The average molecular weight is 542 g/mol. The second kappa shape index (κ2) is 11.5. The molecule has 1 aromatic carbocycles. The number of benzene rings is 1. The quantitative estimate of drug-likeness (QED) is 0.415. The van der Waals surface area contributed by atoms with Gasteiger partial charge in [-0.3, -0.25) is 14.5 Å². The number of rotatable bonds is 9. The van der Waals surface area contributed by atoms with Crippen LogP contribution in [0.5, 0.6) is 5.88 Å². The smallest absolute Gasteiger partial charge is 0.266 e. The van der Waals surface area contributed by atoms with Crippen molar-refractivity contribution >= 4 is 29.0 Å². The molecule has 3 heterocycles. The SMILES string of the molecule is CNC(=O)c1sc(-c2ccnc(NC(=O)C3CC3)c2)nc1OCC1CCN(Cc2ccc(F)c(F)c2)CC1. The molecule has 8 nitrogen and oxygen atoms in total. The van der Waals surface area contributed by atoms with Gasteiger partial charge < -0.3 is 15.4 Å². The lowest BCUT2D eigenvalue weighted by atomic mass is 9.97. The second-order valence-electron chi connectivity index (χ2n) is 9.70. The van der Waals surface area contributed by atoms with Crippen LogP contribution < -0.4 is 15.4 Å². The number of aromatic nitrogens is 2. The third-order valence-electron chi connectivity index (χ3n) is 6.79. The highest BCUT2D eigenvalue weighted by molar-refractivity contribution is 7.17. The van der Waals surface area contributed by atoms with Crippen LogP contribution in [0.1, 0.15) is 40.9 Å². The number of carbonyl (C=O) groups is 2. The third-order valence-corrected chi connectivity index (χ3v) is 7.87. The Balaban J connectivity index is 1.20. The van der Waals surface area contributed by atoms with Crippen LogP contribution in [0.4, 0.5) is 14.6 Å². The van der Waals surface area contributed by atoms with Crippen LogP contribution >= 0.6 is 11.3 Å². The lowest BCUT2D eigenvalue weighted by molar-refractivity contribution is -0.117. The summed E-state index contributed by atoms with van der Waals surface area (Å²) in [5.41, 5.74) is 1.48. The topological polar surface area (TPSA) is 96.5 Å². The molecule has 2 aromatic heterocycles. The Morgan fingerprint density at radius 2 is 1.89 bits per heavy atom. The highest BCUT2D eigenvalue weighted by Gasteiger charge is 2.30. The number of nitrogens with zero attached hydrogens (tertiary/aromatic N) is 3. The normalized spacial score (nSPS) is 16.3. The summed E-state index contributed by atoms with van der Waals surface area (Å²) in [7, 11) is 1.56. The van der Waals surface area contributed by atoms with Gasteiger partial charge in [-0.15, -0.1) is 11.3 Å². The van der Waals surface area contributed by atoms with Crippen molar-refractivity contribution in [2.45, 2.75) is 32.2 Å². The van der Waals surface area contributed by atoms with E-state index in [1.54, 1.807) is 31.4 Å². The second-order valence-corrected chi connectivity index (χ2v) is 10.7. The van der Waals surface area contributed by atoms with E-state index < -0.39 is 11.6 Å². The maximum atomic E-state index is 13.5. The lowest BCUT2D eigenvalue weighted by Crippen LogP contribution is -2.35. The number of ether oxygens (including phenoxy) is 1. The van der Waals surface area contributed by atoms with Crippen molar-refractivity contribution in [3.63, 3.8) is 0 Å². The Hall–Kier alpha value is -3.44. The van der Waals surface area contributed by atoms with E-state index in [0.29, 0.717) is 28.9 Å². The predicted molar refractivity (Wildman–Crippen MR) is 140 cm³/mol. The highest BCUT2D eigenvalue weighted by Crippen LogP contribution is 2.35. The Morgan fingerprint density at radius 1 is 1.11 bits per heavy atom. The Kier molecular flexibility index (Phi) is 7.94. The minimum absolute atomic E-state index is 0.0280. The molecule has 11 heteroatoms. The molecule has 1 aliphatic carbocycles. The van der Waals surface area contributed by atoms with E-state index in [1.807, 2.05) is 0 Å². The van der Waals surface area contributed by atoms with Gasteiger partial charge in [-0.1, -0.05) is 6.07 Å². The fourth-order valence-corrected chi connectivity index (χ4v) is 5.35. The summed E-state index contributed by atoms with van der Waals surface area (Å²) in [5.74, 6) is -0.882. The highest BCUT2D eigenvalue weighted by atomic mass is 32.1. The number of anilines is 1. The molecule has 5 rings (SSSR count). The van der Waals surface area contributed by atoms with E-state index in [0.717, 1.165) is 56.0 Å². The van der Waals surface area contributed by atoms with E-state index in [2.05, 4.69) is 25.5 Å². The van der Waals surface area contributed by atoms with Gasteiger partial charge in [-0.2, -0.15) is 0 Å². The number of carbonyl (C=O) groups excluding carboxylic acids is 2. The van der Waals surface area contributed by atoms with Crippen molar-refractivity contribution < 1.29 is 23.1 Å². The molecule has 200 valence electrons. The van der Waals surface area contributed by atoms with Gasteiger partial charge in [0.1, 0.15) is 10.8 Å². The first kappa shape index (κ1) is 26.2. The van der Waals surface area contributed by atoms with Gasteiger partial charge in [0.2, 0.25) is 11.8 Å². The van der Waals surface area contributed by atoms with Crippen molar-refractivity contribution in [2.75, 3.05) is 32.1 Å². The summed E-state index contributed by atoms with van der Waals surface area (Å²) in [6.45, 7) is 2.61.